The molecule has 0 heterocycles. The summed E-state index contributed by atoms with van der Waals surface area (Å²) in [6, 6.07) is 4.57. The van der Waals surface area contributed by atoms with Crippen LogP contribution >= 0.6 is 0 Å². The molecule has 0 fully saturated rings. The minimum Gasteiger partial charge on any atom is -0.504 e. The van der Waals surface area contributed by atoms with Crippen LogP contribution < -0.4 is 10.1 Å². The molecule has 0 spiro atoms. The summed E-state index contributed by atoms with van der Waals surface area (Å²) in [6.45, 7) is 5.78. The number of hydrogen-bond acceptors (Lipinski definition) is 4. The predicted molar refractivity (Wildman–Crippen MR) is 64.5 cm³/mol. The molecule has 0 radical (unpaired) electrons. The maximum absolute atomic E-state index is 11.3. The summed E-state index contributed by atoms with van der Waals surface area (Å²) < 4.78 is 10.1. The third kappa shape index (κ3) is 4.22. The number of nitrogens with one attached hydrogen (secondary N) is 1. The number of carbonyl (C=O) groups excluding carboxylic acids is 1. The second-order valence-electron chi connectivity index (χ2n) is 3.69. The van der Waals surface area contributed by atoms with Gasteiger partial charge in [-0.05, 0) is 32.9 Å². The summed E-state index contributed by atoms with van der Waals surface area (Å²) in [7, 11) is 0. The zero-order valence-corrected chi connectivity index (χ0v) is 10.2. The quantitative estimate of drug-likeness (QED) is 0.793. The second kappa shape index (κ2) is 5.98. The third-order valence-corrected chi connectivity index (χ3v) is 1.85. The lowest BCUT2D eigenvalue weighted by Crippen LogP contribution is -2.17. The number of amides is 1. The normalized spacial score (nSPS) is 10.1. The smallest absolute Gasteiger partial charge is 0.411 e. The molecule has 2 N–H and O–H groups in total. The van der Waals surface area contributed by atoms with Crippen LogP contribution in [-0.4, -0.2) is 23.9 Å². The average Bonchev–Trinajstić information content (AvgIpc) is 2.22. The highest BCUT2D eigenvalue weighted by Gasteiger charge is 2.08. The van der Waals surface area contributed by atoms with Crippen molar-refractivity contribution < 1.29 is 19.4 Å². The zero-order valence-electron chi connectivity index (χ0n) is 10.2. The van der Waals surface area contributed by atoms with E-state index in [-0.39, 0.29) is 11.9 Å². The molecule has 0 saturated carbocycles. The van der Waals surface area contributed by atoms with Crippen LogP contribution in [0.2, 0.25) is 0 Å². The van der Waals surface area contributed by atoms with E-state index in [2.05, 4.69) is 5.32 Å². The van der Waals surface area contributed by atoms with E-state index >= 15 is 0 Å². The second-order valence-corrected chi connectivity index (χ2v) is 3.69. The summed E-state index contributed by atoms with van der Waals surface area (Å²) in [5, 5.41) is 12.0. The van der Waals surface area contributed by atoms with Gasteiger partial charge in [-0.2, -0.15) is 0 Å². The van der Waals surface area contributed by atoms with Crippen LogP contribution in [0.15, 0.2) is 18.2 Å². The van der Waals surface area contributed by atoms with E-state index in [1.165, 1.54) is 6.07 Å². The highest BCUT2D eigenvalue weighted by atomic mass is 16.6. The van der Waals surface area contributed by atoms with Crippen LogP contribution in [0, 0.1) is 0 Å². The Hall–Kier alpha value is -1.91. The lowest BCUT2D eigenvalue weighted by molar-refractivity contribution is 0.130. The van der Waals surface area contributed by atoms with Crippen LogP contribution in [0.1, 0.15) is 20.8 Å². The molecular formula is C12H17NO4. The van der Waals surface area contributed by atoms with Crippen LogP contribution in [0.5, 0.6) is 11.5 Å². The number of ether oxygens (including phenoxy) is 2. The Kier molecular flexibility index (Phi) is 4.63. The number of aromatic hydroxyl groups is 1. The maximum atomic E-state index is 11.3. The highest BCUT2D eigenvalue weighted by molar-refractivity contribution is 5.85. The van der Waals surface area contributed by atoms with Crippen molar-refractivity contribution in [3.63, 3.8) is 0 Å². The van der Waals surface area contributed by atoms with Crippen LogP contribution in [0.3, 0.4) is 0 Å². The van der Waals surface area contributed by atoms with Crippen molar-refractivity contribution >= 4 is 11.8 Å². The van der Waals surface area contributed by atoms with Gasteiger partial charge in [0.05, 0.1) is 12.7 Å². The lowest BCUT2D eigenvalue weighted by Gasteiger charge is -2.11. The first kappa shape index (κ1) is 13.2. The van der Waals surface area contributed by atoms with Gasteiger partial charge in [0, 0.05) is 11.8 Å². The monoisotopic (exact) mass is 239 g/mol. The van der Waals surface area contributed by atoms with Crippen molar-refractivity contribution in [3.05, 3.63) is 18.2 Å². The minimum atomic E-state index is -0.534. The van der Waals surface area contributed by atoms with Gasteiger partial charge in [-0.15, -0.1) is 0 Å². The van der Waals surface area contributed by atoms with Gasteiger partial charge in [0.15, 0.2) is 11.5 Å². The van der Waals surface area contributed by atoms with Crippen molar-refractivity contribution in [1.29, 1.82) is 0 Å². The number of rotatable bonds is 4. The Labute approximate surface area is 100 Å². The first-order valence-electron chi connectivity index (χ1n) is 5.46. The van der Waals surface area contributed by atoms with Crippen molar-refractivity contribution in [2.45, 2.75) is 26.9 Å². The van der Waals surface area contributed by atoms with Crippen molar-refractivity contribution in [2.24, 2.45) is 0 Å². The maximum Gasteiger partial charge on any atom is 0.411 e. The van der Waals surface area contributed by atoms with E-state index in [1.807, 2.05) is 6.92 Å². The number of benzene rings is 1. The molecule has 0 aliphatic rings. The molecule has 0 unspecified atom stereocenters. The molecular weight excluding hydrogens is 222 g/mol. The van der Waals surface area contributed by atoms with E-state index in [9.17, 15) is 9.90 Å². The summed E-state index contributed by atoms with van der Waals surface area (Å²) in [6.07, 6.45) is -0.716. The Balaban J connectivity index is 2.71. The molecule has 1 aromatic carbocycles. The van der Waals surface area contributed by atoms with Gasteiger partial charge in [0.2, 0.25) is 0 Å². The van der Waals surface area contributed by atoms with Crippen molar-refractivity contribution in [1.82, 2.24) is 0 Å². The Morgan fingerprint density at radius 3 is 2.76 bits per heavy atom. The summed E-state index contributed by atoms with van der Waals surface area (Å²) in [5.41, 5.74) is 0.511. The van der Waals surface area contributed by atoms with Gasteiger partial charge >= 0.3 is 6.09 Å². The average molecular weight is 239 g/mol. The fourth-order valence-electron chi connectivity index (χ4n) is 1.22. The molecule has 94 valence electrons. The van der Waals surface area contributed by atoms with Crippen LogP contribution in [0.4, 0.5) is 10.5 Å². The molecule has 5 heteroatoms. The van der Waals surface area contributed by atoms with Crippen molar-refractivity contribution in [3.8, 4) is 11.5 Å². The summed E-state index contributed by atoms with van der Waals surface area (Å²) in [4.78, 5) is 11.3. The number of carbonyl (C=O) groups is 1. The molecule has 1 aromatic rings. The molecule has 0 aliphatic heterocycles. The van der Waals surface area contributed by atoms with E-state index < -0.39 is 6.09 Å². The van der Waals surface area contributed by atoms with Gasteiger partial charge in [-0.1, -0.05) is 0 Å². The van der Waals surface area contributed by atoms with E-state index in [1.54, 1.807) is 26.0 Å². The Bertz CT molecular complexity index is 390. The topological polar surface area (TPSA) is 67.8 Å². The minimum absolute atomic E-state index is 0.0367. The third-order valence-electron chi connectivity index (χ3n) is 1.85. The number of phenols is 1. The highest BCUT2D eigenvalue weighted by Crippen LogP contribution is 2.29. The fraction of sp³-hybridized carbons (Fsp3) is 0.417. The zero-order chi connectivity index (χ0) is 12.8. The van der Waals surface area contributed by atoms with Gasteiger partial charge in [0.1, 0.15) is 0 Å². The number of anilines is 1. The van der Waals surface area contributed by atoms with E-state index in [0.717, 1.165) is 0 Å². The van der Waals surface area contributed by atoms with Crippen LogP contribution in [0.25, 0.3) is 0 Å². The summed E-state index contributed by atoms with van der Waals surface area (Å²) >= 11 is 0. The van der Waals surface area contributed by atoms with E-state index in [4.69, 9.17) is 9.47 Å². The first-order valence-corrected chi connectivity index (χ1v) is 5.46. The Morgan fingerprint density at radius 2 is 2.18 bits per heavy atom. The first-order chi connectivity index (χ1) is 8.02. The molecule has 1 amide bonds. The van der Waals surface area contributed by atoms with Crippen molar-refractivity contribution in [2.75, 3.05) is 11.9 Å². The van der Waals surface area contributed by atoms with Gasteiger partial charge in [-0.25, -0.2) is 4.79 Å². The summed E-state index contributed by atoms with van der Waals surface area (Å²) in [5.74, 6) is 0.365. The van der Waals surface area contributed by atoms with E-state index in [0.29, 0.717) is 18.0 Å². The standard InChI is InChI=1S/C12H17NO4/c1-4-16-11-7-9(5-6-10(11)14)13-12(15)17-8(2)3/h5-8,14H,4H2,1-3H3,(H,13,15). The molecule has 1 rings (SSSR count). The SMILES string of the molecule is CCOc1cc(NC(=O)OC(C)C)ccc1O. The Morgan fingerprint density at radius 1 is 1.47 bits per heavy atom. The number of hydrogen-bond donors (Lipinski definition) is 2. The van der Waals surface area contributed by atoms with Crippen LogP contribution in [-0.2, 0) is 4.74 Å². The van der Waals surface area contributed by atoms with Gasteiger partial charge in [0.25, 0.3) is 0 Å². The number of phenolic OH excluding ortho intramolecular Hbond substituents is 1. The molecule has 0 aliphatic carbocycles. The van der Waals surface area contributed by atoms with Gasteiger partial charge < -0.3 is 14.6 Å². The lowest BCUT2D eigenvalue weighted by atomic mass is 10.3. The van der Waals surface area contributed by atoms with Gasteiger partial charge in [-0.3, -0.25) is 5.32 Å². The molecule has 0 bridgehead atoms. The molecule has 0 aromatic heterocycles. The molecule has 0 atom stereocenters. The predicted octanol–water partition coefficient (Wildman–Crippen LogP) is 2.75. The molecule has 17 heavy (non-hydrogen) atoms. The fourth-order valence-corrected chi connectivity index (χ4v) is 1.22. The molecule has 5 nitrogen and oxygen atoms in total. The largest absolute Gasteiger partial charge is 0.504 e. The molecule has 0 saturated heterocycles.